The number of carbonyl (C=O) groups is 1. The fourth-order valence-electron chi connectivity index (χ4n) is 4.53. The molecule has 5 heteroatoms. The normalized spacial score (nSPS) is 13.0. The van der Waals surface area contributed by atoms with Crippen molar-refractivity contribution in [3.05, 3.63) is 114 Å². The van der Waals surface area contributed by atoms with Gasteiger partial charge in [-0.2, -0.15) is 5.10 Å². The molecule has 0 unspecified atom stereocenters. The Bertz CT molecular complexity index is 1460. The topological polar surface area (TPSA) is 43.1 Å². The van der Waals surface area contributed by atoms with E-state index in [1.165, 1.54) is 5.56 Å². The van der Waals surface area contributed by atoms with Crippen molar-refractivity contribution in [1.29, 1.82) is 0 Å². The average molecular weight is 419 g/mol. The van der Waals surface area contributed by atoms with Gasteiger partial charge in [-0.3, -0.25) is 4.79 Å². The van der Waals surface area contributed by atoms with Gasteiger partial charge in [-0.15, -0.1) is 0 Å². The van der Waals surface area contributed by atoms with Crippen LogP contribution in [0.4, 0.5) is 0 Å². The third-order valence-corrected chi connectivity index (χ3v) is 6.11. The number of rotatable bonds is 3. The number of fused-ring (bicyclic) bond motifs is 2. The molecule has 5 nitrogen and oxygen atoms in total. The van der Waals surface area contributed by atoms with Crippen molar-refractivity contribution in [2.24, 2.45) is 0 Å². The van der Waals surface area contributed by atoms with E-state index in [1.54, 1.807) is 0 Å². The molecule has 32 heavy (non-hydrogen) atoms. The fraction of sp³-hybridized carbons (Fsp3) is 0.111. The van der Waals surface area contributed by atoms with E-state index in [0.29, 0.717) is 18.7 Å². The molecular weight excluding hydrogens is 396 g/mol. The number of aromatic nitrogens is 3. The second-order valence-electron chi connectivity index (χ2n) is 8.31. The van der Waals surface area contributed by atoms with Gasteiger partial charge in [-0.25, -0.2) is 4.68 Å². The van der Waals surface area contributed by atoms with Gasteiger partial charge in [0.05, 0.1) is 24.5 Å². The van der Waals surface area contributed by atoms with Gasteiger partial charge < -0.3 is 9.47 Å². The molecule has 0 aliphatic carbocycles. The van der Waals surface area contributed by atoms with Gasteiger partial charge in [0.1, 0.15) is 5.82 Å². The van der Waals surface area contributed by atoms with E-state index in [4.69, 9.17) is 5.10 Å². The molecule has 0 atom stereocenters. The molecule has 3 heterocycles. The summed E-state index contributed by atoms with van der Waals surface area (Å²) in [6.07, 6.45) is 4.05. The highest BCUT2D eigenvalue weighted by atomic mass is 16.2. The van der Waals surface area contributed by atoms with E-state index < -0.39 is 0 Å². The molecule has 1 aliphatic heterocycles. The van der Waals surface area contributed by atoms with Crippen molar-refractivity contribution in [2.45, 2.75) is 20.0 Å². The molecule has 3 aromatic carbocycles. The molecule has 1 aliphatic rings. The zero-order chi connectivity index (χ0) is 21.7. The standard InChI is InChI=1S/C27H22N4O/c1-19-7-6-10-23(15-19)31-26(29-13-4-5-14-29)24-17-30(18-25(24)28-31)27(32)22-12-11-20-8-2-3-9-21(20)16-22/h2-16H,17-18H2,1H3. The first-order chi connectivity index (χ1) is 15.7. The quantitative estimate of drug-likeness (QED) is 0.400. The lowest BCUT2D eigenvalue weighted by molar-refractivity contribution is 0.0749. The molecule has 156 valence electrons. The van der Waals surface area contributed by atoms with Crippen LogP contribution in [0.5, 0.6) is 0 Å². The molecule has 0 spiro atoms. The molecule has 0 bridgehead atoms. The molecular formula is C27H22N4O. The monoisotopic (exact) mass is 418 g/mol. The zero-order valence-corrected chi connectivity index (χ0v) is 17.8. The van der Waals surface area contributed by atoms with Crippen LogP contribution in [-0.4, -0.2) is 25.2 Å². The summed E-state index contributed by atoms with van der Waals surface area (Å²) >= 11 is 0. The highest BCUT2D eigenvalue weighted by molar-refractivity contribution is 5.98. The van der Waals surface area contributed by atoms with Gasteiger partial charge >= 0.3 is 0 Å². The average Bonchev–Trinajstić information content (AvgIpc) is 3.54. The molecule has 0 radical (unpaired) electrons. The Hall–Kier alpha value is -4.12. The lowest BCUT2D eigenvalue weighted by Crippen LogP contribution is -2.26. The Kier molecular flexibility index (Phi) is 4.21. The first-order valence-corrected chi connectivity index (χ1v) is 10.8. The summed E-state index contributed by atoms with van der Waals surface area (Å²) in [5.41, 5.74) is 4.96. The van der Waals surface area contributed by atoms with Crippen LogP contribution in [0.15, 0.2) is 91.3 Å². The summed E-state index contributed by atoms with van der Waals surface area (Å²) in [7, 11) is 0. The third kappa shape index (κ3) is 3.02. The number of amides is 1. The van der Waals surface area contributed by atoms with Crippen molar-refractivity contribution in [2.75, 3.05) is 0 Å². The first kappa shape index (κ1) is 18.6. The largest absolute Gasteiger partial charge is 0.328 e. The van der Waals surface area contributed by atoms with Crippen molar-refractivity contribution in [3.63, 3.8) is 0 Å². The maximum Gasteiger partial charge on any atom is 0.254 e. The van der Waals surface area contributed by atoms with Crippen LogP contribution in [-0.2, 0) is 13.1 Å². The van der Waals surface area contributed by atoms with E-state index in [-0.39, 0.29) is 5.91 Å². The van der Waals surface area contributed by atoms with Crippen LogP contribution in [0.3, 0.4) is 0 Å². The lowest BCUT2D eigenvalue weighted by atomic mass is 10.1. The minimum Gasteiger partial charge on any atom is -0.328 e. The maximum atomic E-state index is 13.3. The number of hydrogen-bond donors (Lipinski definition) is 0. The Morgan fingerprint density at radius 3 is 2.47 bits per heavy atom. The second-order valence-corrected chi connectivity index (χ2v) is 8.31. The number of carbonyl (C=O) groups excluding carboxylic acids is 1. The van der Waals surface area contributed by atoms with Crippen LogP contribution in [0.2, 0.25) is 0 Å². The van der Waals surface area contributed by atoms with Crippen molar-refractivity contribution in [3.8, 4) is 11.5 Å². The van der Waals surface area contributed by atoms with Crippen LogP contribution in [0, 0.1) is 6.92 Å². The van der Waals surface area contributed by atoms with Crippen molar-refractivity contribution < 1.29 is 4.79 Å². The van der Waals surface area contributed by atoms with Gasteiger partial charge in [0.2, 0.25) is 0 Å². The predicted molar refractivity (Wildman–Crippen MR) is 125 cm³/mol. The third-order valence-electron chi connectivity index (χ3n) is 6.11. The highest BCUT2D eigenvalue weighted by Gasteiger charge is 2.32. The van der Waals surface area contributed by atoms with Crippen LogP contribution in [0.25, 0.3) is 22.3 Å². The highest BCUT2D eigenvalue weighted by Crippen LogP contribution is 2.32. The van der Waals surface area contributed by atoms with Crippen molar-refractivity contribution >= 4 is 16.7 Å². The molecule has 0 fully saturated rings. The minimum atomic E-state index is 0.0364. The summed E-state index contributed by atoms with van der Waals surface area (Å²) in [6, 6.07) is 26.4. The molecule has 0 saturated heterocycles. The molecule has 0 N–H and O–H groups in total. The summed E-state index contributed by atoms with van der Waals surface area (Å²) < 4.78 is 4.08. The van der Waals surface area contributed by atoms with E-state index in [1.807, 2.05) is 76.6 Å². The molecule has 1 amide bonds. The van der Waals surface area contributed by atoms with E-state index in [9.17, 15) is 4.79 Å². The molecule has 5 aromatic rings. The Morgan fingerprint density at radius 2 is 1.66 bits per heavy atom. The fourth-order valence-corrected chi connectivity index (χ4v) is 4.53. The number of aryl methyl sites for hydroxylation is 1. The maximum absolute atomic E-state index is 13.3. The van der Waals surface area contributed by atoms with Crippen LogP contribution in [0.1, 0.15) is 27.2 Å². The van der Waals surface area contributed by atoms with Crippen LogP contribution < -0.4 is 0 Å². The van der Waals surface area contributed by atoms with Gasteiger partial charge in [0, 0.05) is 23.5 Å². The lowest BCUT2D eigenvalue weighted by Gasteiger charge is -2.18. The smallest absolute Gasteiger partial charge is 0.254 e. The molecule has 2 aromatic heterocycles. The summed E-state index contributed by atoms with van der Waals surface area (Å²) in [4.78, 5) is 15.2. The van der Waals surface area contributed by atoms with E-state index in [0.717, 1.165) is 33.5 Å². The summed E-state index contributed by atoms with van der Waals surface area (Å²) in [5.74, 6) is 1.03. The first-order valence-electron chi connectivity index (χ1n) is 10.8. The Labute approximate surface area is 186 Å². The SMILES string of the molecule is Cc1cccc(-n2nc3c(c2-n2cccc2)CN(C(=O)c2ccc4ccccc4c2)C3)c1. The molecule has 6 rings (SSSR count). The summed E-state index contributed by atoms with van der Waals surface area (Å²) in [5, 5.41) is 7.15. The number of nitrogens with zero attached hydrogens (tertiary/aromatic N) is 4. The Morgan fingerprint density at radius 1 is 0.844 bits per heavy atom. The zero-order valence-electron chi connectivity index (χ0n) is 17.8. The van der Waals surface area contributed by atoms with E-state index >= 15 is 0 Å². The number of benzene rings is 3. The van der Waals surface area contributed by atoms with Gasteiger partial charge in [-0.1, -0.05) is 42.5 Å². The van der Waals surface area contributed by atoms with E-state index in [2.05, 4.69) is 35.8 Å². The second kappa shape index (κ2) is 7.24. The summed E-state index contributed by atoms with van der Waals surface area (Å²) in [6.45, 7) is 3.13. The van der Waals surface area contributed by atoms with Crippen molar-refractivity contribution in [1.82, 2.24) is 19.2 Å². The predicted octanol–water partition coefficient (Wildman–Crippen LogP) is 5.28. The number of hydrogen-bond acceptors (Lipinski definition) is 2. The van der Waals surface area contributed by atoms with Gasteiger partial charge in [0.25, 0.3) is 5.91 Å². The van der Waals surface area contributed by atoms with Gasteiger partial charge in [0.15, 0.2) is 0 Å². The van der Waals surface area contributed by atoms with Gasteiger partial charge in [-0.05, 0) is 59.7 Å². The van der Waals surface area contributed by atoms with Crippen LogP contribution >= 0.6 is 0 Å². The Balaban J connectivity index is 1.38. The minimum absolute atomic E-state index is 0.0364. The molecule has 0 saturated carbocycles.